The van der Waals surface area contributed by atoms with Crippen LogP contribution >= 0.6 is 0 Å². The van der Waals surface area contributed by atoms with Gasteiger partial charge in [-0.2, -0.15) is 0 Å². The molecule has 1 aromatic heterocycles. The molecule has 0 aliphatic rings. The highest BCUT2D eigenvalue weighted by molar-refractivity contribution is 6.45. The highest BCUT2D eigenvalue weighted by atomic mass is 16.2. The van der Waals surface area contributed by atoms with Gasteiger partial charge >= 0.3 is 0 Å². The first-order valence-corrected chi connectivity index (χ1v) is 13.8. The smallest absolute Gasteiger partial charge is 0.292 e. The number of hydrogen-bond acceptors (Lipinski definition) is 5. The quantitative estimate of drug-likeness (QED) is 0.0808. The number of hydrogen-bond donors (Lipinski definition) is 4. The van der Waals surface area contributed by atoms with E-state index in [2.05, 4.69) is 30.8 Å². The van der Waals surface area contributed by atoms with Crippen LogP contribution < -0.4 is 16.0 Å². The Morgan fingerprint density at radius 3 is 2.40 bits per heavy atom. The standard InChI is InChI=1S/C30H41N7O3/c1-5-18-37(29(40)22-12-8-7-9-13-22)20-17-32-28(39)27(38)24-21-34-26-23(24)14-10-15-25(26)35-30(31-6-2)33-16-11-19-36(3)4/h7-10,12-15,21,34H,5-6,11,16-20H2,1-4H3,(H,32,39)(H2,31,33,35). The maximum atomic E-state index is 13.1. The summed E-state index contributed by atoms with van der Waals surface area (Å²) in [6.07, 6.45) is 3.27. The second-order valence-electron chi connectivity index (χ2n) is 9.72. The molecule has 0 saturated carbocycles. The molecule has 10 heteroatoms. The number of carbonyl (C=O) groups is 3. The molecule has 0 unspecified atom stereocenters. The van der Waals surface area contributed by atoms with Crippen LogP contribution in [0.1, 0.15) is 47.4 Å². The van der Waals surface area contributed by atoms with Crippen molar-refractivity contribution in [2.75, 3.05) is 58.7 Å². The second kappa shape index (κ2) is 15.4. The number of Topliss-reactive ketones (excluding diaryl/α,β-unsaturated/α-hetero) is 1. The fraction of sp³-hybridized carbons (Fsp3) is 0.400. The molecule has 3 rings (SSSR count). The van der Waals surface area contributed by atoms with E-state index >= 15 is 0 Å². The summed E-state index contributed by atoms with van der Waals surface area (Å²) in [4.78, 5) is 50.3. The number of rotatable bonds is 14. The number of aromatic amines is 1. The van der Waals surface area contributed by atoms with Crippen molar-refractivity contribution in [3.05, 3.63) is 65.9 Å². The minimum Gasteiger partial charge on any atom is -0.359 e. The lowest BCUT2D eigenvalue weighted by atomic mass is 10.1. The summed E-state index contributed by atoms with van der Waals surface area (Å²) in [7, 11) is 4.07. The summed E-state index contributed by atoms with van der Waals surface area (Å²) >= 11 is 0. The number of H-pyrrole nitrogens is 1. The van der Waals surface area contributed by atoms with Crippen LogP contribution in [0.2, 0.25) is 0 Å². The minimum atomic E-state index is -0.710. The van der Waals surface area contributed by atoms with Gasteiger partial charge in [0.2, 0.25) is 0 Å². The number of guanidine groups is 1. The predicted octanol–water partition coefficient (Wildman–Crippen LogP) is 3.35. The fourth-order valence-electron chi connectivity index (χ4n) is 4.31. The SMILES string of the molecule is CCCN(CCNC(=O)C(=O)c1c[nH]c2c(NC(=NCCCN(C)C)NCC)cccc12)C(=O)c1ccccc1. The van der Waals surface area contributed by atoms with Gasteiger partial charge < -0.3 is 30.7 Å². The van der Waals surface area contributed by atoms with E-state index in [9.17, 15) is 14.4 Å². The van der Waals surface area contributed by atoms with E-state index in [1.54, 1.807) is 29.3 Å². The van der Waals surface area contributed by atoms with Crippen LogP contribution in [-0.2, 0) is 4.79 Å². The highest BCUT2D eigenvalue weighted by Gasteiger charge is 2.22. The van der Waals surface area contributed by atoms with E-state index in [0.717, 1.165) is 25.1 Å². The summed E-state index contributed by atoms with van der Waals surface area (Å²) in [5, 5.41) is 9.89. The average Bonchev–Trinajstić information content (AvgIpc) is 3.39. The van der Waals surface area contributed by atoms with Crippen molar-refractivity contribution in [3.63, 3.8) is 0 Å². The van der Waals surface area contributed by atoms with Gasteiger partial charge in [0.05, 0.1) is 16.8 Å². The lowest BCUT2D eigenvalue weighted by Crippen LogP contribution is -2.40. The minimum absolute atomic E-state index is 0.0992. The Bertz CT molecular complexity index is 1300. The van der Waals surface area contributed by atoms with E-state index < -0.39 is 11.7 Å². The molecule has 1 heterocycles. The molecular formula is C30H41N7O3. The average molecular weight is 548 g/mol. The van der Waals surface area contributed by atoms with Crippen molar-refractivity contribution >= 4 is 40.1 Å². The van der Waals surface area contributed by atoms with E-state index in [0.29, 0.717) is 48.6 Å². The Balaban J connectivity index is 1.65. The molecule has 0 bridgehead atoms. The Morgan fingerprint density at radius 1 is 0.925 bits per heavy atom. The number of amides is 2. The third-order valence-electron chi connectivity index (χ3n) is 6.27. The molecule has 3 aromatic rings. The molecule has 2 amide bonds. The molecule has 10 nitrogen and oxygen atoms in total. The number of anilines is 1. The normalized spacial score (nSPS) is 11.5. The van der Waals surface area contributed by atoms with Gasteiger partial charge in [-0.25, -0.2) is 0 Å². The second-order valence-corrected chi connectivity index (χ2v) is 9.72. The largest absolute Gasteiger partial charge is 0.359 e. The molecule has 4 N–H and O–H groups in total. The van der Waals surface area contributed by atoms with Crippen molar-refractivity contribution < 1.29 is 14.4 Å². The number of aromatic nitrogens is 1. The van der Waals surface area contributed by atoms with E-state index in [1.807, 2.05) is 58.3 Å². The van der Waals surface area contributed by atoms with Gasteiger partial charge in [0.1, 0.15) is 0 Å². The molecule has 0 aliphatic heterocycles. The molecule has 0 aliphatic carbocycles. The van der Waals surface area contributed by atoms with Gasteiger partial charge in [0.15, 0.2) is 5.96 Å². The molecule has 2 aromatic carbocycles. The summed E-state index contributed by atoms with van der Waals surface area (Å²) in [6.45, 7) is 7.36. The number of benzene rings is 2. The monoisotopic (exact) mass is 547 g/mol. The van der Waals surface area contributed by atoms with Crippen LogP contribution in [0.4, 0.5) is 5.69 Å². The maximum absolute atomic E-state index is 13.1. The fourth-order valence-corrected chi connectivity index (χ4v) is 4.31. The van der Waals surface area contributed by atoms with Crippen LogP contribution in [0.5, 0.6) is 0 Å². The lowest BCUT2D eigenvalue weighted by Gasteiger charge is -2.22. The first-order valence-electron chi connectivity index (χ1n) is 13.8. The van der Waals surface area contributed by atoms with Gasteiger partial charge in [-0.15, -0.1) is 0 Å². The molecule has 40 heavy (non-hydrogen) atoms. The van der Waals surface area contributed by atoms with Gasteiger partial charge in [-0.1, -0.05) is 37.3 Å². The maximum Gasteiger partial charge on any atom is 0.292 e. The predicted molar refractivity (Wildman–Crippen MR) is 161 cm³/mol. The first kappa shape index (κ1) is 30.4. The van der Waals surface area contributed by atoms with Crippen LogP contribution in [0.15, 0.2) is 59.7 Å². The molecule has 0 saturated heterocycles. The van der Waals surface area contributed by atoms with Crippen molar-refractivity contribution in [1.29, 1.82) is 0 Å². The Kier molecular flexibility index (Phi) is 11.7. The van der Waals surface area contributed by atoms with Crippen molar-refractivity contribution in [3.8, 4) is 0 Å². The van der Waals surface area contributed by atoms with Crippen LogP contribution in [0, 0.1) is 0 Å². The lowest BCUT2D eigenvalue weighted by molar-refractivity contribution is -0.117. The zero-order chi connectivity index (χ0) is 28.9. The van der Waals surface area contributed by atoms with Gasteiger partial charge in [0, 0.05) is 49.9 Å². The highest BCUT2D eigenvalue weighted by Crippen LogP contribution is 2.26. The summed E-state index contributed by atoms with van der Waals surface area (Å²) in [6, 6.07) is 14.6. The number of aliphatic imine (C=N–C) groups is 1. The molecule has 0 radical (unpaired) electrons. The first-order chi connectivity index (χ1) is 19.3. The van der Waals surface area contributed by atoms with Crippen molar-refractivity contribution in [2.24, 2.45) is 4.99 Å². The molecule has 0 atom stereocenters. The Morgan fingerprint density at radius 2 is 1.70 bits per heavy atom. The van der Waals surface area contributed by atoms with Crippen LogP contribution in [0.25, 0.3) is 10.9 Å². The number of nitrogens with one attached hydrogen (secondary N) is 4. The molecular weight excluding hydrogens is 506 g/mol. The summed E-state index contributed by atoms with van der Waals surface area (Å²) in [5.74, 6) is -0.795. The number of ketones is 1. The zero-order valence-electron chi connectivity index (χ0n) is 23.9. The molecule has 0 spiro atoms. The van der Waals surface area contributed by atoms with Gasteiger partial charge in [-0.05, 0) is 58.6 Å². The van der Waals surface area contributed by atoms with Crippen LogP contribution in [-0.4, -0.2) is 91.7 Å². The number of carbonyl (C=O) groups excluding carboxylic acids is 3. The van der Waals surface area contributed by atoms with Crippen LogP contribution in [0.3, 0.4) is 0 Å². The number of nitrogens with zero attached hydrogens (tertiary/aromatic N) is 3. The molecule has 214 valence electrons. The third-order valence-corrected chi connectivity index (χ3v) is 6.27. The topological polar surface area (TPSA) is 122 Å². The molecule has 0 fully saturated rings. The van der Waals surface area contributed by atoms with Gasteiger partial charge in [0.25, 0.3) is 17.6 Å². The Hall–Kier alpha value is -4.18. The van der Waals surface area contributed by atoms with E-state index in [-0.39, 0.29) is 18.0 Å². The van der Waals surface area contributed by atoms with E-state index in [1.165, 1.54) is 0 Å². The summed E-state index contributed by atoms with van der Waals surface area (Å²) in [5.41, 5.74) is 2.34. The van der Waals surface area contributed by atoms with Crippen molar-refractivity contribution in [1.82, 2.24) is 25.4 Å². The van der Waals surface area contributed by atoms with Crippen molar-refractivity contribution in [2.45, 2.75) is 26.7 Å². The van der Waals surface area contributed by atoms with Gasteiger partial charge in [-0.3, -0.25) is 19.4 Å². The number of para-hydroxylation sites is 1. The number of fused-ring (bicyclic) bond motifs is 1. The third kappa shape index (κ3) is 8.41. The zero-order valence-corrected chi connectivity index (χ0v) is 23.9. The van der Waals surface area contributed by atoms with E-state index in [4.69, 9.17) is 0 Å². The summed E-state index contributed by atoms with van der Waals surface area (Å²) < 4.78 is 0. The Labute approximate surface area is 236 Å².